The molecule has 1 aromatic rings. The predicted molar refractivity (Wildman–Crippen MR) is 81.1 cm³/mol. The molecule has 1 aromatic heterocycles. The maximum absolute atomic E-state index is 5.56. The molecule has 0 atom stereocenters. The number of anilines is 1. The Bertz CT molecular complexity index is 403. The van der Waals surface area contributed by atoms with E-state index >= 15 is 0 Å². The summed E-state index contributed by atoms with van der Waals surface area (Å²) in [4.78, 5) is 11.1. The van der Waals surface area contributed by atoms with Crippen molar-refractivity contribution in [2.75, 3.05) is 31.5 Å². The van der Waals surface area contributed by atoms with Gasteiger partial charge in [0.2, 0.25) is 11.8 Å². The number of nitrogens with zero attached hydrogens (tertiary/aromatic N) is 3. The molecule has 5 heteroatoms. The zero-order valence-corrected chi connectivity index (χ0v) is 12.8. The van der Waals surface area contributed by atoms with Crippen molar-refractivity contribution in [2.24, 2.45) is 5.92 Å². The van der Waals surface area contributed by atoms with Gasteiger partial charge in [-0.15, -0.1) is 0 Å². The van der Waals surface area contributed by atoms with Gasteiger partial charge in [0.1, 0.15) is 0 Å². The molecule has 1 N–H and O–H groups in total. The van der Waals surface area contributed by atoms with E-state index in [2.05, 4.69) is 27.1 Å². The van der Waals surface area contributed by atoms with Crippen molar-refractivity contribution in [2.45, 2.75) is 39.7 Å². The second kappa shape index (κ2) is 7.43. The van der Waals surface area contributed by atoms with E-state index in [1.54, 1.807) is 12.3 Å². The molecule has 2 rings (SSSR count). The Morgan fingerprint density at radius 1 is 1.40 bits per heavy atom. The van der Waals surface area contributed by atoms with Crippen LogP contribution >= 0.6 is 0 Å². The highest BCUT2D eigenvalue weighted by atomic mass is 16.5. The lowest BCUT2D eigenvalue weighted by molar-refractivity contribution is 0.199. The van der Waals surface area contributed by atoms with Gasteiger partial charge in [-0.1, -0.05) is 6.92 Å². The minimum atomic E-state index is 0.132. The lowest BCUT2D eigenvalue weighted by Crippen LogP contribution is -2.36. The average molecular weight is 278 g/mol. The Morgan fingerprint density at radius 3 is 2.85 bits per heavy atom. The summed E-state index contributed by atoms with van der Waals surface area (Å²) in [7, 11) is 0. The van der Waals surface area contributed by atoms with E-state index in [4.69, 9.17) is 4.74 Å². The van der Waals surface area contributed by atoms with Gasteiger partial charge < -0.3 is 15.0 Å². The molecule has 0 spiro atoms. The largest absolute Gasteiger partial charge is 0.475 e. The van der Waals surface area contributed by atoms with Gasteiger partial charge in [-0.25, -0.2) is 4.98 Å². The average Bonchev–Trinajstić information content (AvgIpc) is 2.41. The standard InChI is InChI=1S/C15H26N4O/c1-12(2)20-14-4-7-16-15(18-14)17-8-11-19-9-5-13(3)6-10-19/h4,7,12-13H,5-6,8-11H2,1-3H3,(H,16,17,18). The highest BCUT2D eigenvalue weighted by Crippen LogP contribution is 2.15. The highest BCUT2D eigenvalue weighted by molar-refractivity contribution is 5.27. The smallest absolute Gasteiger partial charge is 0.225 e. The van der Waals surface area contributed by atoms with E-state index in [1.165, 1.54) is 25.9 Å². The molecule has 20 heavy (non-hydrogen) atoms. The fourth-order valence-electron chi connectivity index (χ4n) is 2.35. The van der Waals surface area contributed by atoms with Crippen LogP contribution < -0.4 is 10.1 Å². The Balaban J connectivity index is 1.73. The van der Waals surface area contributed by atoms with Crippen LogP contribution in [-0.2, 0) is 0 Å². The predicted octanol–water partition coefficient (Wildman–Crippen LogP) is 2.41. The SMILES string of the molecule is CC1CCN(CCNc2nccc(OC(C)C)n2)CC1. The molecule has 1 aliphatic heterocycles. The quantitative estimate of drug-likeness (QED) is 0.866. The van der Waals surface area contributed by atoms with Gasteiger partial charge in [-0.2, -0.15) is 4.98 Å². The molecule has 1 fully saturated rings. The van der Waals surface area contributed by atoms with Crippen LogP contribution in [-0.4, -0.2) is 47.2 Å². The number of likely N-dealkylation sites (tertiary alicyclic amines) is 1. The highest BCUT2D eigenvalue weighted by Gasteiger charge is 2.14. The third-order valence-electron chi connectivity index (χ3n) is 3.57. The van der Waals surface area contributed by atoms with E-state index in [-0.39, 0.29) is 6.10 Å². The summed E-state index contributed by atoms with van der Waals surface area (Å²) in [6.07, 6.45) is 4.49. The van der Waals surface area contributed by atoms with Crippen LogP contribution in [0.5, 0.6) is 5.88 Å². The molecule has 0 saturated carbocycles. The first kappa shape index (κ1) is 15.0. The van der Waals surface area contributed by atoms with E-state index < -0.39 is 0 Å². The molecule has 1 aliphatic rings. The van der Waals surface area contributed by atoms with Crippen molar-refractivity contribution in [3.8, 4) is 5.88 Å². The van der Waals surface area contributed by atoms with Crippen molar-refractivity contribution in [3.63, 3.8) is 0 Å². The van der Waals surface area contributed by atoms with Gasteiger partial charge in [-0.05, 0) is 45.7 Å². The van der Waals surface area contributed by atoms with Crippen LogP contribution in [0, 0.1) is 5.92 Å². The van der Waals surface area contributed by atoms with Crippen molar-refractivity contribution in [3.05, 3.63) is 12.3 Å². The monoisotopic (exact) mass is 278 g/mol. The van der Waals surface area contributed by atoms with Gasteiger partial charge in [0.25, 0.3) is 0 Å². The number of hydrogen-bond donors (Lipinski definition) is 1. The van der Waals surface area contributed by atoms with Crippen LogP contribution in [0.25, 0.3) is 0 Å². The van der Waals surface area contributed by atoms with E-state index in [0.29, 0.717) is 11.8 Å². The number of ether oxygens (including phenoxy) is 1. The van der Waals surface area contributed by atoms with Crippen molar-refractivity contribution >= 4 is 5.95 Å². The summed E-state index contributed by atoms with van der Waals surface area (Å²) in [5.41, 5.74) is 0. The normalized spacial score (nSPS) is 17.4. The summed E-state index contributed by atoms with van der Waals surface area (Å²) in [5, 5.41) is 3.27. The number of nitrogens with one attached hydrogen (secondary N) is 1. The summed E-state index contributed by atoms with van der Waals surface area (Å²) in [6, 6.07) is 1.79. The lowest BCUT2D eigenvalue weighted by Gasteiger charge is -2.30. The number of rotatable bonds is 6. The van der Waals surface area contributed by atoms with Crippen molar-refractivity contribution in [1.29, 1.82) is 0 Å². The number of piperidine rings is 1. The lowest BCUT2D eigenvalue weighted by atomic mass is 9.99. The zero-order valence-electron chi connectivity index (χ0n) is 12.8. The summed E-state index contributed by atoms with van der Waals surface area (Å²) >= 11 is 0. The molecular formula is C15H26N4O. The van der Waals surface area contributed by atoms with Crippen LogP contribution in [0.15, 0.2) is 12.3 Å². The Hall–Kier alpha value is -1.36. The maximum atomic E-state index is 5.56. The van der Waals surface area contributed by atoms with E-state index in [1.807, 2.05) is 13.8 Å². The zero-order chi connectivity index (χ0) is 14.4. The molecule has 0 amide bonds. The third kappa shape index (κ3) is 4.96. The van der Waals surface area contributed by atoms with E-state index in [0.717, 1.165) is 19.0 Å². The molecule has 1 saturated heterocycles. The number of hydrogen-bond acceptors (Lipinski definition) is 5. The molecule has 0 unspecified atom stereocenters. The molecule has 112 valence electrons. The van der Waals surface area contributed by atoms with Gasteiger partial charge in [-0.3, -0.25) is 0 Å². The van der Waals surface area contributed by atoms with Gasteiger partial charge in [0, 0.05) is 25.4 Å². The Morgan fingerprint density at radius 2 is 2.15 bits per heavy atom. The first-order valence-electron chi connectivity index (χ1n) is 7.59. The fraction of sp³-hybridized carbons (Fsp3) is 0.733. The minimum Gasteiger partial charge on any atom is -0.475 e. The number of aromatic nitrogens is 2. The fourth-order valence-corrected chi connectivity index (χ4v) is 2.35. The van der Waals surface area contributed by atoms with Crippen LogP contribution in [0.4, 0.5) is 5.95 Å². The topological polar surface area (TPSA) is 50.3 Å². The van der Waals surface area contributed by atoms with Crippen LogP contribution in [0.1, 0.15) is 33.6 Å². The van der Waals surface area contributed by atoms with E-state index in [9.17, 15) is 0 Å². The van der Waals surface area contributed by atoms with Gasteiger partial charge in [0.15, 0.2) is 0 Å². The molecule has 2 heterocycles. The molecule has 0 bridgehead atoms. The minimum absolute atomic E-state index is 0.132. The first-order chi connectivity index (χ1) is 9.63. The van der Waals surface area contributed by atoms with Crippen molar-refractivity contribution < 1.29 is 4.74 Å². The summed E-state index contributed by atoms with van der Waals surface area (Å²) in [6.45, 7) is 10.7. The molecule has 0 aromatic carbocycles. The Kier molecular flexibility index (Phi) is 5.59. The van der Waals surface area contributed by atoms with Crippen LogP contribution in [0.2, 0.25) is 0 Å². The van der Waals surface area contributed by atoms with Gasteiger partial charge >= 0.3 is 0 Å². The molecule has 0 radical (unpaired) electrons. The molecular weight excluding hydrogens is 252 g/mol. The molecule has 5 nitrogen and oxygen atoms in total. The summed E-state index contributed by atoms with van der Waals surface area (Å²) < 4.78 is 5.56. The third-order valence-corrected chi connectivity index (χ3v) is 3.57. The second-order valence-electron chi connectivity index (χ2n) is 5.84. The Labute approximate surface area is 121 Å². The van der Waals surface area contributed by atoms with Crippen LogP contribution in [0.3, 0.4) is 0 Å². The maximum Gasteiger partial charge on any atom is 0.225 e. The van der Waals surface area contributed by atoms with Crippen molar-refractivity contribution in [1.82, 2.24) is 14.9 Å². The summed E-state index contributed by atoms with van der Waals surface area (Å²) in [5.74, 6) is 2.16. The molecule has 0 aliphatic carbocycles. The first-order valence-corrected chi connectivity index (χ1v) is 7.59. The van der Waals surface area contributed by atoms with Gasteiger partial charge in [0.05, 0.1) is 6.10 Å². The second-order valence-corrected chi connectivity index (χ2v) is 5.84.